The third-order valence-electron chi connectivity index (χ3n) is 1.83. The van der Waals surface area contributed by atoms with E-state index in [1.54, 1.807) is 25.0 Å². The molecule has 0 saturated carbocycles. The number of imidazole rings is 2. The Morgan fingerprint density at radius 1 is 0.962 bits per heavy atom. The van der Waals surface area contributed by atoms with Crippen molar-refractivity contribution in [2.24, 2.45) is 5.73 Å². The fourth-order valence-corrected chi connectivity index (χ4v) is 1.06. The Balaban J connectivity index is -0.0000000292. The van der Waals surface area contributed by atoms with Crippen LogP contribution in [0.5, 0.6) is 0 Å². The molecule has 13 N–H and O–H groups in total. The molecule has 0 aliphatic heterocycles. The van der Waals surface area contributed by atoms with Crippen molar-refractivity contribution >= 4 is 6.29 Å². The first kappa shape index (κ1) is 49.9. The number of rotatable bonds is 4. The molecule has 0 bridgehead atoms. The van der Waals surface area contributed by atoms with Crippen molar-refractivity contribution < 1.29 is 85.6 Å². The Morgan fingerprint density at radius 2 is 1.35 bits per heavy atom. The number of carbonyl (C=O) groups is 1. The van der Waals surface area contributed by atoms with Gasteiger partial charge >= 0.3 is 0 Å². The second-order valence-electron chi connectivity index (χ2n) is 3.06. The van der Waals surface area contributed by atoms with Gasteiger partial charge in [0.05, 0.1) is 12.7 Å². The number of carbonyl (C=O) groups excluding carboxylic acids is 1. The summed E-state index contributed by atoms with van der Waals surface area (Å²) in [4.78, 5) is 37.1. The van der Waals surface area contributed by atoms with Crippen molar-refractivity contribution in [1.82, 2.24) is 26.1 Å². The van der Waals surface area contributed by atoms with Crippen LogP contribution < -0.4 is 11.9 Å². The van der Waals surface area contributed by atoms with E-state index in [-0.39, 0.29) is 76.5 Å². The molecule has 2 rings (SSSR count). The van der Waals surface area contributed by atoms with E-state index >= 15 is 0 Å². The molecule has 0 radical (unpaired) electrons. The minimum absolute atomic E-state index is 0. The normalized spacial score (nSPS) is 6.12. The van der Waals surface area contributed by atoms with E-state index in [0.29, 0.717) is 13.0 Å². The monoisotopic (exact) mass is 916 g/mol. The Bertz CT molecular complexity index is 411. The van der Waals surface area contributed by atoms with Crippen molar-refractivity contribution in [2.45, 2.75) is 12.8 Å². The van der Waals surface area contributed by atoms with Gasteiger partial charge in [0.25, 0.3) is 0 Å². The van der Waals surface area contributed by atoms with Crippen LogP contribution in [0.15, 0.2) is 25.0 Å². The van der Waals surface area contributed by atoms with Crippen LogP contribution >= 0.6 is 0 Å². The van der Waals surface area contributed by atoms with Gasteiger partial charge in [-0.05, 0) is 6.54 Å². The molecule has 16 heteroatoms. The van der Waals surface area contributed by atoms with Crippen LogP contribution in [0.3, 0.4) is 0 Å². The number of aromatic nitrogens is 4. The van der Waals surface area contributed by atoms with Gasteiger partial charge < -0.3 is 37.6 Å². The van der Waals surface area contributed by atoms with Gasteiger partial charge in [-0.25, -0.2) is 9.97 Å². The van der Waals surface area contributed by atoms with E-state index in [0.717, 1.165) is 24.1 Å². The molecule has 2 aromatic heterocycles. The SMILES string of the molecule is N.NCCc1cnc[nH]1.O.O.O=CCc1cnc[nH]1.O=O.OO.[Os].[Os].[Os]. The number of nitrogens with zero attached hydrogens (tertiary/aromatic N) is 2. The number of aldehydes is 1. The molecule has 2 aromatic rings. The molecule has 0 unspecified atom stereocenters. The zero-order valence-corrected chi connectivity index (χ0v) is 21.0. The van der Waals surface area contributed by atoms with Crippen molar-refractivity contribution in [3.05, 3.63) is 46.4 Å². The molecule has 0 atom stereocenters. The Hall–Kier alpha value is -0.641. The average molecular weight is 911 g/mol. The summed E-state index contributed by atoms with van der Waals surface area (Å²) < 4.78 is 0. The number of nitrogens with one attached hydrogen (secondary N) is 2. The van der Waals surface area contributed by atoms with Crippen LogP contribution in [0.25, 0.3) is 0 Å². The first-order valence-corrected chi connectivity index (χ1v) is 5.31. The van der Waals surface area contributed by atoms with Crippen LogP contribution in [0.4, 0.5) is 0 Å². The van der Waals surface area contributed by atoms with Gasteiger partial charge in [0.15, 0.2) is 0 Å². The summed E-state index contributed by atoms with van der Waals surface area (Å²) in [5.41, 5.74) is 7.24. The second-order valence-corrected chi connectivity index (χ2v) is 3.06. The molecule has 160 valence electrons. The van der Waals surface area contributed by atoms with Gasteiger partial charge in [-0.1, -0.05) is 0 Å². The standard InChI is InChI=1S/C5H9N3.C5H6N2O.H3N.H2O2.O2.2H2O.3Os/c6-2-1-5-3-7-4-8-5;8-2-1-5-3-6-4-7-5;;2*1-2;;;;;/h3-4H,1-2,6H2,(H,7,8);2-4H,1H2,(H,6,7);1H3;1-2H;;2*1H2;;;. The number of nitrogens with two attached hydrogens (primary N) is 1. The molecule has 2 heterocycles. The second kappa shape index (κ2) is 44.1. The average Bonchev–Trinajstić information content (AvgIpc) is 3.19. The van der Waals surface area contributed by atoms with E-state index < -0.39 is 0 Å². The third kappa shape index (κ3) is 31.2. The maximum absolute atomic E-state index is 9.82. The molecule has 26 heavy (non-hydrogen) atoms. The van der Waals surface area contributed by atoms with Crippen molar-refractivity contribution in [2.75, 3.05) is 6.54 Å². The van der Waals surface area contributed by atoms with Crippen LogP contribution in [-0.2, 0) is 77.0 Å². The predicted molar refractivity (Wildman–Crippen MR) is 83.9 cm³/mol. The summed E-state index contributed by atoms with van der Waals surface area (Å²) in [5, 5.41) is 12.0. The molecule has 0 aromatic carbocycles. The molecule has 0 saturated heterocycles. The number of aromatic amines is 2. The minimum atomic E-state index is 0. The summed E-state index contributed by atoms with van der Waals surface area (Å²) in [6.45, 7) is 0.683. The van der Waals surface area contributed by atoms with E-state index in [1.165, 1.54) is 0 Å². The molecule has 0 aliphatic carbocycles. The van der Waals surface area contributed by atoms with Gasteiger partial charge in [0.1, 0.15) is 6.29 Å². The van der Waals surface area contributed by atoms with Gasteiger partial charge in [0.2, 0.25) is 0 Å². The fraction of sp³-hybridized carbons (Fsp3) is 0.300. The first-order valence-electron chi connectivity index (χ1n) is 5.31. The summed E-state index contributed by atoms with van der Waals surface area (Å²) >= 11 is 0. The smallest absolute Gasteiger partial charge is 0.125 e. The summed E-state index contributed by atoms with van der Waals surface area (Å²) in [6, 6.07) is 0. The first-order chi connectivity index (χ1) is 9.86. The van der Waals surface area contributed by atoms with Gasteiger partial charge in [-0.2, -0.15) is 0 Å². The quantitative estimate of drug-likeness (QED) is 0.120. The zero-order chi connectivity index (χ0) is 15.6. The Labute approximate surface area is 188 Å². The van der Waals surface area contributed by atoms with Crippen molar-refractivity contribution in [3.8, 4) is 0 Å². The summed E-state index contributed by atoms with van der Waals surface area (Å²) in [6.07, 6.45) is 8.79. The van der Waals surface area contributed by atoms with E-state index in [1.807, 2.05) is 0 Å². The molecular formula is C10H24N6O7Os3. The van der Waals surface area contributed by atoms with Crippen LogP contribution in [-0.4, -0.2) is 54.2 Å². The van der Waals surface area contributed by atoms with E-state index in [2.05, 4.69) is 19.9 Å². The molecule has 0 amide bonds. The molecule has 0 aliphatic rings. The van der Waals surface area contributed by atoms with Gasteiger partial charge in [0, 0.05) is 106 Å². The van der Waals surface area contributed by atoms with Crippen LogP contribution in [0.2, 0.25) is 0 Å². The number of H-pyrrole nitrogens is 2. The van der Waals surface area contributed by atoms with Gasteiger partial charge in [-0.3, -0.25) is 10.5 Å². The van der Waals surface area contributed by atoms with E-state index in [9.17, 15) is 4.79 Å². The van der Waals surface area contributed by atoms with E-state index in [4.69, 9.17) is 26.2 Å². The molecule has 13 nitrogen and oxygen atoms in total. The third-order valence-corrected chi connectivity index (χ3v) is 1.83. The van der Waals surface area contributed by atoms with Crippen molar-refractivity contribution in [1.29, 1.82) is 0 Å². The molecule has 0 spiro atoms. The zero-order valence-electron chi connectivity index (χ0n) is 13.4. The summed E-state index contributed by atoms with van der Waals surface area (Å²) in [5.74, 6) is 0. The van der Waals surface area contributed by atoms with Gasteiger partial charge in [-0.15, -0.1) is 0 Å². The fourth-order valence-electron chi connectivity index (χ4n) is 1.06. The summed E-state index contributed by atoms with van der Waals surface area (Å²) in [7, 11) is 0. The minimum Gasteiger partial charge on any atom is -0.412 e. The molecule has 0 fully saturated rings. The van der Waals surface area contributed by atoms with Crippen molar-refractivity contribution in [3.63, 3.8) is 0 Å². The Kier molecular flexibility index (Phi) is 84.7. The van der Waals surface area contributed by atoms with Crippen LogP contribution in [0.1, 0.15) is 11.4 Å². The number of hydrogen-bond donors (Lipinski definition) is 6. The maximum Gasteiger partial charge on any atom is 0.125 e. The van der Waals surface area contributed by atoms with Crippen LogP contribution in [0, 0.1) is 9.93 Å². The predicted octanol–water partition coefficient (Wildman–Crippen LogP) is -1.35. The largest absolute Gasteiger partial charge is 0.412 e. The topological polar surface area (TPSA) is 273 Å². The molecular weight excluding hydrogens is 887 g/mol. The maximum atomic E-state index is 9.82. The Morgan fingerprint density at radius 3 is 1.62 bits per heavy atom. The number of hydrogen-bond acceptors (Lipinski definition) is 9.